The molecule has 0 fully saturated rings. The van der Waals surface area contributed by atoms with Gasteiger partial charge in [-0.25, -0.2) is 0 Å². The molecule has 0 heterocycles. The Morgan fingerprint density at radius 3 is 2.27 bits per heavy atom. The smallest absolute Gasteiger partial charge is 0.00772 e. The van der Waals surface area contributed by atoms with Crippen LogP contribution >= 0.6 is 0 Å². The Morgan fingerprint density at radius 1 is 1.09 bits per heavy atom. The quantitative estimate of drug-likeness (QED) is 0.565. The van der Waals surface area contributed by atoms with Crippen LogP contribution in [-0.4, -0.2) is 6.54 Å². The Morgan fingerprint density at radius 2 is 1.73 bits per heavy atom. The second kappa shape index (κ2) is 8.06. The Labute approximate surface area is 71.4 Å². The first-order chi connectivity index (χ1) is 5.31. The van der Waals surface area contributed by atoms with E-state index in [0.29, 0.717) is 0 Å². The zero-order valence-electron chi connectivity index (χ0n) is 8.10. The number of unbranched alkanes of at least 4 members (excludes halogenated alkanes) is 2. The van der Waals surface area contributed by atoms with Crippen LogP contribution < -0.4 is 5.73 Å². The van der Waals surface area contributed by atoms with Crippen LogP contribution in [0, 0.1) is 5.92 Å². The van der Waals surface area contributed by atoms with Crippen LogP contribution in [0.1, 0.15) is 52.4 Å². The molecule has 0 spiro atoms. The maximum absolute atomic E-state index is 5.43. The third-order valence-corrected chi connectivity index (χ3v) is 2.20. The summed E-state index contributed by atoms with van der Waals surface area (Å²) in [6, 6.07) is 0. The molecule has 0 amide bonds. The van der Waals surface area contributed by atoms with Gasteiger partial charge in [0.05, 0.1) is 0 Å². The van der Waals surface area contributed by atoms with Crippen LogP contribution in [0.4, 0.5) is 0 Å². The average Bonchev–Trinajstić information content (AvgIpc) is 2.01. The third-order valence-electron chi connectivity index (χ3n) is 2.20. The molecule has 1 nitrogen and oxygen atoms in total. The molecule has 0 aromatic carbocycles. The topological polar surface area (TPSA) is 26.0 Å². The third kappa shape index (κ3) is 7.86. The van der Waals surface area contributed by atoms with Crippen molar-refractivity contribution in [2.24, 2.45) is 11.7 Å². The van der Waals surface area contributed by atoms with Crippen molar-refractivity contribution in [2.45, 2.75) is 52.4 Å². The Balaban J connectivity index is 3.02. The minimum absolute atomic E-state index is 0.859. The summed E-state index contributed by atoms with van der Waals surface area (Å²) in [4.78, 5) is 0. The minimum atomic E-state index is 0.859. The van der Waals surface area contributed by atoms with Gasteiger partial charge in [0.25, 0.3) is 0 Å². The summed E-state index contributed by atoms with van der Waals surface area (Å²) in [6.45, 7) is 5.45. The molecule has 0 saturated heterocycles. The van der Waals surface area contributed by atoms with Crippen LogP contribution in [0.25, 0.3) is 0 Å². The van der Waals surface area contributed by atoms with Gasteiger partial charge in [-0.2, -0.15) is 0 Å². The number of hydrogen-bond acceptors (Lipinski definition) is 1. The van der Waals surface area contributed by atoms with Gasteiger partial charge in [0, 0.05) is 0 Å². The van der Waals surface area contributed by atoms with Gasteiger partial charge in [-0.15, -0.1) is 0 Å². The van der Waals surface area contributed by atoms with Crippen molar-refractivity contribution in [3.8, 4) is 0 Å². The molecule has 0 aliphatic rings. The van der Waals surface area contributed by atoms with E-state index >= 15 is 0 Å². The van der Waals surface area contributed by atoms with Crippen molar-refractivity contribution < 1.29 is 0 Å². The minimum Gasteiger partial charge on any atom is -0.330 e. The van der Waals surface area contributed by atoms with Gasteiger partial charge in [0.2, 0.25) is 0 Å². The molecular weight excluding hydrogens is 134 g/mol. The van der Waals surface area contributed by atoms with Crippen molar-refractivity contribution in [1.82, 2.24) is 0 Å². The highest BCUT2D eigenvalue weighted by Gasteiger charge is 1.99. The molecule has 0 radical (unpaired) electrons. The molecule has 0 rings (SSSR count). The van der Waals surface area contributed by atoms with Crippen molar-refractivity contribution >= 4 is 0 Å². The lowest BCUT2D eigenvalue weighted by Crippen LogP contribution is -2.02. The lowest BCUT2D eigenvalue weighted by atomic mass is 9.98. The van der Waals surface area contributed by atoms with Gasteiger partial charge < -0.3 is 5.73 Å². The highest BCUT2D eigenvalue weighted by Crippen LogP contribution is 2.13. The summed E-state index contributed by atoms with van der Waals surface area (Å²) in [6.07, 6.45) is 8.06. The van der Waals surface area contributed by atoms with Crippen LogP contribution in [0.15, 0.2) is 0 Å². The van der Waals surface area contributed by atoms with E-state index < -0.39 is 0 Å². The summed E-state index contributed by atoms with van der Waals surface area (Å²) >= 11 is 0. The molecule has 1 unspecified atom stereocenters. The molecule has 1 heteroatoms. The van der Waals surface area contributed by atoms with Crippen molar-refractivity contribution in [2.75, 3.05) is 6.54 Å². The summed E-state index contributed by atoms with van der Waals surface area (Å²) < 4.78 is 0. The second-order valence-electron chi connectivity index (χ2n) is 3.53. The lowest BCUT2D eigenvalue weighted by Gasteiger charge is -2.09. The Kier molecular flexibility index (Phi) is 8.03. The van der Waals surface area contributed by atoms with E-state index in [2.05, 4.69) is 13.8 Å². The van der Waals surface area contributed by atoms with Crippen LogP contribution in [-0.2, 0) is 0 Å². The number of nitrogens with two attached hydrogens (primary N) is 1. The first-order valence-corrected chi connectivity index (χ1v) is 5.01. The Hall–Kier alpha value is -0.0400. The molecule has 68 valence electrons. The average molecular weight is 157 g/mol. The molecule has 0 aromatic rings. The highest BCUT2D eigenvalue weighted by molar-refractivity contribution is 4.53. The predicted molar refractivity (Wildman–Crippen MR) is 51.6 cm³/mol. The van der Waals surface area contributed by atoms with Crippen LogP contribution in [0.5, 0.6) is 0 Å². The lowest BCUT2D eigenvalue weighted by molar-refractivity contribution is 0.453. The van der Waals surface area contributed by atoms with E-state index in [4.69, 9.17) is 5.73 Å². The van der Waals surface area contributed by atoms with Gasteiger partial charge >= 0.3 is 0 Å². The fraction of sp³-hybridized carbons (Fsp3) is 1.00. The standard InChI is InChI=1S/C10H23N/c1-3-4-5-7-10(2)8-6-9-11/h10H,3-9,11H2,1-2H3. The SMILES string of the molecule is CCCCCC(C)CCCN. The summed E-state index contributed by atoms with van der Waals surface area (Å²) in [7, 11) is 0. The van der Waals surface area contributed by atoms with E-state index in [1.54, 1.807) is 0 Å². The summed E-state index contributed by atoms with van der Waals surface area (Å²) in [5, 5.41) is 0. The van der Waals surface area contributed by atoms with Gasteiger partial charge in [0.15, 0.2) is 0 Å². The normalized spacial score (nSPS) is 13.4. The first-order valence-electron chi connectivity index (χ1n) is 5.01. The zero-order valence-corrected chi connectivity index (χ0v) is 8.10. The predicted octanol–water partition coefficient (Wildman–Crippen LogP) is 2.94. The molecule has 0 aliphatic carbocycles. The number of hydrogen-bond donors (Lipinski definition) is 1. The molecule has 0 saturated carbocycles. The maximum atomic E-state index is 5.43. The molecule has 0 bridgehead atoms. The Bertz CT molecular complexity index is 71.3. The van der Waals surface area contributed by atoms with E-state index in [1.807, 2.05) is 0 Å². The van der Waals surface area contributed by atoms with E-state index in [0.717, 1.165) is 12.5 Å². The summed E-state index contributed by atoms with van der Waals surface area (Å²) in [5.74, 6) is 0.894. The van der Waals surface area contributed by atoms with Gasteiger partial charge in [0.1, 0.15) is 0 Å². The van der Waals surface area contributed by atoms with Crippen LogP contribution in [0.2, 0.25) is 0 Å². The van der Waals surface area contributed by atoms with Gasteiger partial charge in [-0.05, 0) is 25.3 Å². The van der Waals surface area contributed by atoms with E-state index in [9.17, 15) is 0 Å². The van der Waals surface area contributed by atoms with Crippen LogP contribution in [0.3, 0.4) is 0 Å². The molecule has 1 atom stereocenters. The fourth-order valence-electron chi connectivity index (χ4n) is 1.35. The number of rotatable bonds is 7. The van der Waals surface area contributed by atoms with Gasteiger partial charge in [-0.1, -0.05) is 39.5 Å². The van der Waals surface area contributed by atoms with Crippen molar-refractivity contribution in [3.63, 3.8) is 0 Å². The molecular formula is C10H23N. The van der Waals surface area contributed by atoms with Gasteiger partial charge in [-0.3, -0.25) is 0 Å². The molecule has 0 aliphatic heterocycles. The van der Waals surface area contributed by atoms with E-state index in [1.165, 1.54) is 38.5 Å². The second-order valence-corrected chi connectivity index (χ2v) is 3.53. The first kappa shape index (κ1) is 11.0. The fourth-order valence-corrected chi connectivity index (χ4v) is 1.35. The highest BCUT2D eigenvalue weighted by atomic mass is 14.5. The largest absolute Gasteiger partial charge is 0.330 e. The van der Waals surface area contributed by atoms with E-state index in [-0.39, 0.29) is 0 Å². The van der Waals surface area contributed by atoms with Crippen molar-refractivity contribution in [1.29, 1.82) is 0 Å². The monoisotopic (exact) mass is 157 g/mol. The summed E-state index contributed by atoms with van der Waals surface area (Å²) in [5.41, 5.74) is 5.43. The molecule has 11 heavy (non-hydrogen) atoms. The maximum Gasteiger partial charge on any atom is -0.00772 e. The zero-order chi connectivity index (χ0) is 8.53. The molecule has 0 aromatic heterocycles. The van der Waals surface area contributed by atoms with Crippen molar-refractivity contribution in [3.05, 3.63) is 0 Å². The molecule has 2 N–H and O–H groups in total.